The van der Waals surface area contributed by atoms with E-state index in [2.05, 4.69) is 0 Å². The first-order valence-corrected chi connectivity index (χ1v) is 8.75. The Morgan fingerprint density at radius 1 is 0.886 bits per heavy atom. The van der Waals surface area contributed by atoms with E-state index in [9.17, 15) is 71.8 Å². The number of aliphatic hydroxyl groups excluding tert-OH is 2. The molecule has 0 spiro atoms. The van der Waals surface area contributed by atoms with Crippen LogP contribution in [0.15, 0.2) is 15.8 Å². The van der Waals surface area contributed by atoms with E-state index >= 15 is 0 Å². The number of halogens is 13. The number of hydrogen-bond donors (Lipinski definition) is 3. The van der Waals surface area contributed by atoms with Crippen molar-refractivity contribution >= 4 is 0 Å². The van der Waals surface area contributed by atoms with Crippen LogP contribution in [0.5, 0.6) is 0 Å². The first-order chi connectivity index (χ1) is 15.5. The summed E-state index contributed by atoms with van der Waals surface area (Å²) in [5.74, 6) is -39.0. The normalized spacial score (nSPS) is 23.1. The van der Waals surface area contributed by atoms with Crippen molar-refractivity contribution in [1.29, 1.82) is 0 Å². The van der Waals surface area contributed by atoms with Crippen molar-refractivity contribution in [1.82, 2.24) is 9.55 Å². The summed E-state index contributed by atoms with van der Waals surface area (Å²) >= 11 is 0. The van der Waals surface area contributed by atoms with E-state index in [1.165, 1.54) is 0 Å². The predicted molar refractivity (Wildman–Crippen MR) is 82.7 cm³/mol. The number of aromatic amines is 1. The highest BCUT2D eigenvalue weighted by atomic mass is 19.4. The molecule has 20 heteroatoms. The maximum atomic E-state index is 14.4. The molecule has 202 valence electrons. The fraction of sp³-hybridized carbons (Fsp3) is 0.733. The van der Waals surface area contributed by atoms with Crippen molar-refractivity contribution in [3.63, 3.8) is 0 Å². The molecule has 1 aromatic rings. The number of nitrogens with zero attached hydrogens (tertiary/aromatic N) is 1. The van der Waals surface area contributed by atoms with Crippen LogP contribution in [0.1, 0.15) is 18.2 Å². The highest BCUT2D eigenvalue weighted by Gasteiger charge is 2.91. The zero-order valence-electron chi connectivity index (χ0n) is 16.2. The molecule has 0 aliphatic carbocycles. The second kappa shape index (κ2) is 8.36. The third-order valence-corrected chi connectivity index (χ3v) is 4.93. The highest BCUT2D eigenvalue weighted by Crippen LogP contribution is 2.61. The molecule has 0 bridgehead atoms. The lowest BCUT2D eigenvalue weighted by molar-refractivity contribution is -0.441. The molecule has 1 aliphatic heterocycles. The lowest BCUT2D eigenvalue weighted by Crippen LogP contribution is -2.69. The van der Waals surface area contributed by atoms with Gasteiger partial charge >= 0.3 is 41.5 Å². The molecule has 35 heavy (non-hydrogen) atoms. The molecule has 0 amide bonds. The van der Waals surface area contributed by atoms with Crippen molar-refractivity contribution in [2.24, 2.45) is 0 Å². The molecular weight excluding hydrogens is 535 g/mol. The van der Waals surface area contributed by atoms with Crippen molar-refractivity contribution < 1.29 is 72.0 Å². The number of nitrogens with one attached hydrogen (secondary N) is 1. The highest BCUT2D eigenvalue weighted by molar-refractivity contribution is 5.21. The third-order valence-electron chi connectivity index (χ3n) is 4.93. The summed E-state index contributed by atoms with van der Waals surface area (Å²) in [6.45, 7) is -0.953. The van der Waals surface area contributed by atoms with E-state index in [4.69, 9.17) is 9.84 Å². The molecule has 3 N–H and O–H groups in total. The van der Waals surface area contributed by atoms with E-state index in [1.54, 1.807) is 0 Å². The van der Waals surface area contributed by atoms with Crippen LogP contribution in [0.2, 0.25) is 0 Å². The maximum Gasteiger partial charge on any atom is 0.460 e. The Kier molecular flexibility index (Phi) is 6.90. The molecular formula is C15H11F13N2O5. The van der Waals surface area contributed by atoms with Gasteiger partial charge in [-0.25, -0.2) is 4.79 Å². The maximum absolute atomic E-state index is 14.4. The number of aromatic nitrogens is 2. The molecule has 1 aliphatic rings. The van der Waals surface area contributed by atoms with E-state index in [0.29, 0.717) is 0 Å². The largest absolute Gasteiger partial charge is 0.460 e. The second-order valence-electron chi connectivity index (χ2n) is 7.19. The summed E-state index contributed by atoms with van der Waals surface area (Å²) in [4.78, 5) is 24.4. The first kappa shape index (κ1) is 28.9. The number of rotatable bonds is 7. The SMILES string of the molecule is O=c1[nH]c(=O)n(C2CC(O)C(CO)O2)cc1C(F)(F)C(F)(F)C(F)(F)C(F)(F)C(F)(F)C(F)(F)F. The Morgan fingerprint density at radius 2 is 1.37 bits per heavy atom. The molecule has 1 fully saturated rings. The Balaban J connectivity index is 2.66. The number of ether oxygens (including phenoxy) is 1. The molecule has 3 unspecified atom stereocenters. The van der Waals surface area contributed by atoms with Crippen LogP contribution >= 0.6 is 0 Å². The summed E-state index contributed by atoms with van der Waals surface area (Å²) in [5, 5.41) is 18.5. The van der Waals surface area contributed by atoms with E-state index in [1.807, 2.05) is 0 Å². The van der Waals surface area contributed by atoms with Gasteiger partial charge in [0.05, 0.1) is 12.7 Å². The average Bonchev–Trinajstić information content (AvgIpc) is 3.06. The van der Waals surface area contributed by atoms with Crippen molar-refractivity contribution in [2.45, 2.75) is 60.6 Å². The number of hydrogen-bond acceptors (Lipinski definition) is 5. The van der Waals surface area contributed by atoms with Gasteiger partial charge in [0.25, 0.3) is 5.56 Å². The molecule has 2 rings (SSSR count). The van der Waals surface area contributed by atoms with Gasteiger partial charge in [-0.15, -0.1) is 0 Å². The van der Waals surface area contributed by atoms with Crippen molar-refractivity contribution in [3.05, 3.63) is 32.6 Å². The number of H-pyrrole nitrogens is 1. The fourth-order valence-corrected chi connectivity index (χ4v) is 2.91. The quantitative estimate of drug-likeness (QED) is 0.456. The van der Waals surface area contributed by atoms with Gasteiger partial charge in [0.1, 0.15) is 17.9 Å². The summed E-state index contributed by atoms with van der Waals surface area (Å²) in [7, 11) is 0. The monoisotopic (exact) mass is 546 g/mol. The molecule has 2 heterocycles. The predicted octanol–water partition coefficient (Wildman–Crippen LogP) is 2.37. The Labute approximate surface area is 182 Å². The first-order valence-electron chi connectivity index (χ1n) is 8.75. The molecule has 0 saturated carbocycles. The van der Waals surface area contributed by atoms with Gasteiger partial charge in [-0.1, -0.05) is 0 Å². The Bertz CT molecular complexity index is 1060. The molecule has 0 radical (unpaired) electrons. The smallest absolute Gasteiger partial charge is 0.394 e. The van der Waals surface area contributed by atoms with E-state index in [-0.39, 0.29) is 4.57 Å². The van der Waals surface area contributed by atoms with Crippen LogP contribution in [-0.2, 0) is 10.7 Å². The molecule has 1 aromatic heterocycles. The second-order valence-corrected chi connectivity index (χ2v) is 7.19. The van der Waals surface area contributed by atoms with Crippen molar-refractivity contribution in [2.75, 3.05) is 6.61 Å². The summed E-state index contributed by atoms with van der Waals surface area (Å²) in [5.41, 5.74) is -7.33. The summed E-state index contributed by atoms with van der Waals surface area (Å²) < 4.78 is 178. The van der Waals surface area contributed by atoms with E-state index in [0.717, 1.165) is 4.98 Å². The molecule has 7 nitrogen and oxygen atoms in total. The Morgan fingerprint density at radius 3 is 1.80 bits per heavy atom. The van der Waals surface area contributed by atoms with Gasteiger partial charge in [0.15, 0.2) is 0 Å². The number of aliphatic hydroxyl groups is 2. The van der Waals surface area contributed by atoms with Crippen LogP contribution in [0.25, 0.3) is 0 Å². The van der Waals surface area contributed by atoms with Crippen LogP contribution in [0.4, 0.5) is 57.1 Å². The molecule has 1 saturated heterocycles. The summed E-state index contributed by atoms with van der Waals surface area (Å²) in [6.07, 6.45) is -14.0. The fourth-order valence-electron chi connectivity index (χ4n) is 2.91. The van der Waals surface area contributed by atoms with Crippen LogP contribution in [0, 0.1) is 0 Å². The molecule has 0 aromatic carbocycles. The lowest BCUT2D eigenvalue weighted by Gasteiger charge is -2.39. The van der Waals surface area contributed by atoms with Crippen molar-refractivity contribution in [3.8, 4) is 0 Å². The number of alkyl halides is 13. The third kappa shape index (κ3) is 4.07. The van der Waals surface area contributed by atoms with Gasteiger partial charge in [-0.2, -0.15) is 57.1 Å². The minimum Gasteiger partial charge on any atom is -0.394 e. The summed E-state index contributed by atoms with van der Waals surface area (Å²) in [6, 6.07) is 0. The van der Waals surface area contributed by atoms with Crippen LogP contribution < -0.4 is 11.2 Å². The van der Waals surface area contributed by atoms with Crippen LogP contribution in [-0.4, -0.2) is 68.4 Å². The van der Waals surface area contributed by atoms with Gasteiger partial charge < -0.3 is 14.9 Å². The standard InChI is InChI=1S/C15H11F13N2O5/c16-10(17,11(18,19)12(20,21)13(22,23)14(24,25)15(26,27)28)4-2-30(9(34)29-8(4)33)7-1-5(32)6(3-31)35-7/h2,5-7,31-32H,1,3H2,(H,29,33,34). The van der Waals surface area contributed by atoms with Gasteiger partial charge in [-0.3, -0.25) is 14.3 Å². The minimum absolute atomic E-state index is 0.222. The lowest BCUT2D eigenvalue weighted by atomic mass is 9.91. The van der Waals surface area contributed by atoms with Gasteiger partial charge in [0, 0.05) is 12.6 Å². The van der Waals surface area contributed by atoms with Crippen LogP contribution in [0.3, 0.4) is 0 Å². The minimum atomic E-state index is -8.17. The van der Waals surface area contributed by atoms with E-state index < -0.39 is 90.3 Å². The van der Waals surface area contributed by atoms with Gasteiger partial charge in [-0.05, 0) is 0 Å². The van der Waals surface area contributed by atoms with Gasteiger partial charge in [0.2, 0.25) is 0 Å². The zero-order chi connectivity index (χ0) is 27.6. The topological polar surface area (TPSA) is 105 Å². The zero-order valence-corrected chi connectivity index (χ0v) is 16.2. The molecule has 3 atom stereocenters. The Hall–Kier alpha value is -2.35. The average molecular weight is 546 g/mol.